The fourth-order valence-corrected chi connectivity index (χ4v) is 4.42. The Balaban J connectivity index is 1.49. The Morgan fingerprint density at radius 2 is 1.83 bits per heavy atom. The molecule has 188 valence electrons. The van der Waals surface area contributed by atoms with Gasteiger partial charge in [0.2, 0.25) is 0 Å². The highest BCUT2D eigenvalue weighted by atomic mass is 16.5. The van der Waals surface area contributed by atoms with Crippen molar-refractivity contribution >= 4 is 16.9 Å². The number of rotatable bonds is 10. The van der Waals surface area contributed by atoms with Crippen molar-refractivity contribution in [3.63, 3.8) is 0 Å². The molecule has 1 aromatic heterocycles. The van der Waals surface area contributed by atoms with Crippen LogP contribution in [-0.2, 0) is 6.54 Å². The fraction of sp³-hybridized carbons (Fsp3) is 0.333. The highest BCUT2D eigenvalue weighted by molar-refractivity contribution is 5.94. The zero-order chi connectivity index (χ0) is 25.7. The SMILES string of the molecule is COc1cccc(C(=O)NC(C)c2nc3ccccc3n2CCCOc2cc(C)ccc2C(C)C)c1. The monoisotopic (exact) mass is 485 g/mol. The zero-order valence-electron chi connectivity index (χ0n) is 21.7. The highest BCUT2D eigenvalue weighted by Crippen LogP contribution is 2.28. The van der Waals surface area contributed by atoms with Gasteiger partial charge in [-0.15, -0.1) is 0 Å². The van der Waals surface area contributed by atoms with E-state index in [2.05, 4.69) is 54.9 Å². The average Bonchev–Trinajstić information content (AvgIpc) is 3.25. The molecule has 0 saturated carbocycles. The van der Waals surface area contributed by atoms with Crippen LogP contribution in [0.15, 0.2) is 66.7 Å². The normalized spacial score (nSPS) is 12.1. The number of fused-ring (bicyclic) bond motifs is 1. The van der Waals surface area contributed by atoms with E-state index in [1.54, 1.807) is 19.2 Å². The van der Waals surface area contributed by atoms with Gasteiger partial charge in [0.15, 0.2) is 0 Å². The van der Waals surface area contributed by atoms with Crippen LogP contribution in [0.2, 0.25) is 0 Å². The van der Waals surface area contributed by atoms with Crippen LogP contribution in [0, 0.1) is 6.92 Å². The summed E-state index contributed by atoms with van der Waals surface area (Å²) in [5.41, 5.74) is 4.93. The van der Waals surface area contributed by atoms with Gasteiger partial charge in [0.1, 0.15) is 17.3 Å². The van der Waals surface area contributed by atoms with E-state index in [0.717, 1.165) is 35.6 Å². The number of nitrogens with one attached hydrogen (secondary N) is 1. The summed E-state index contributed by atoms with van der Waals surface area (Å²) in [4.78, 5) is 17.8. The minimum absolute atomic E-state index is 0.163. The van der Waals surface area contributed by atoms with Crippen molar-refractivity contribution in [2.75, 3.05) is 13.7 Å². The molecule has 0 spiro atoms. The lowest BCUT2D eigenvalue weighted by Gasteiger charge is -2.18. The van der Waals surface area contributed by atoms with Gasteiger partial charge >= 0.3 is 0 Å². The Morgan fingerprint density at radius 1 is 1.03 bits per heavy atom. The summed E-state index contributed by atoms with van der Waals surface area (Å²) in [5, 5.41) is 3.10. The average molecular weight is 486 g/mol. The van der Waals surface area contributed by atoms with Gasteiger partial charge in [-0.3, -0.25) is 4.79 Å². The number of aromatic nitrogens is 2. The van der Waals surface area contributed by atoms with Crippen LogP contribution >= 0.6 is 0 Å². The molecule has 36 heavy (non-hydrogen) atoms. The first-order valence-corrected chi connectivity index (χ1v) is 12.5. The number of benzene rings is 3. The molecule has 0 fully saturated rings. The van der Waals surface area contributed by atoms with Gasteiger partial charge in [-0.25, -0.2) is 4.98 Å². The molecule has 0 aliphatic heterocycles. The molecule has 1 amide bonds. The van der Waals surface area contributed by atoms with Crippen molar-refractivity contribution in [3.8, 4) is 11.5 Å². The van der Waals surface area contributed by atoms with Gasteiger partial charge in [-0.2, -0.15) is 0 Å². The van der Waals surface area contributed by atoms with Crippen LogP contribution in [0.5, 0.6) is 11.5 Å². The molecule has 0 aliphatic carbocycles. The van der Waals surface area contributed by atoms with E-state index >= 15 is 0 Å². The summed E-state index contributed by atoms with van der Waals surface area (Å²) in [6.07, 6.45) is 0.815. The molecule has 3 aromatic carbocycles. The summed E-state index contributed by atoms with van der Waals surface area (Å²) in [5.74, 6) is 2.67. The first-order chi connectivity index (χ1) is 17.4. The Labute approximate surface area is 213 Å². The number of hydrogen-bond donors (Lipinski definition) is 1. The van der Waals surface area contributed by atoms with Crippen molar-refractivity contribution in [1.29, 1.82) is 0 Å². The lowest BCUT2D eigenvalue weighted by molar-refractivity contribution is 0.0937. The van der Waals surface area contributed by atoms with E-state index < -0.39 is 0 Å². The van der Waals surface area contributed by atoms with Crippen molar-refractivity contribution in [3.05, 3.63) is 89.2 Å². The van der Waals surface area contributed by atoms with E-state index in [1.807, 2.05) is 37.3 Å². The quantitative estimate of drug-likeness (QED) is 0.263. The number of carbonyl (C=O) groups is 1. The lowest BCUT2D eigenvalue weighted by Crippen LogP contribution is -2.29. The van der Waals surface area contributed by atoms with Crippen LogP contribution < -0.4 is 14.8 Å². The molecule has 6 nitrogen and oxygen atoms in total. The maximum absolute atomic E-state index is 12.9. The predicted molar refractivity (Wildman–Crippen MR) is 144 cm³/mol. The maximum Gasteiger partial charge on any atom is 0.251 e. The second-order valence-electron chi connectivity index (χ2n) is 9.44. The molecule has 0 bridgehead atoms. The Kier molecular flexibility index (Phi) is 7.93. The minimum Gasteiger partial charge on any atom is -0.497 e. The van der Waals surface area contributed by atoms with Crippen LogP contribution in [0.25, 0.3) is 11.0 Å². The molecular formula is C30H35N3O3. The number of nitrogens with zero attached hydrogens (tertiary/aromatic N) is 2. The zero-order valence-corrected chi connectivity index (χ0v) is 21.7. The summed E-state index contributed by atoms with van der Waals surface area (Å²) in [6, 6.07) is 21.3. The predicted octanol–water partition coefficient (Wildman–Crippen LogP) is 6.44. The van der Waals surface area contributed by atoms with Crippen LogP contribution in [0.4, 0.5) is 0 Å². The van der Waals surface area contributed by atoms with Gasteiger partial charge in [0.25, 0.3) is 5.91 Å². The third-order valence-electron chi connectivity index (χ3n) is 6.33. The minimum atomic E-state index is -0.277. The van der Waals surface area contributed by atoms with Gasteiger partial charge in [-0.05, 0) is 73.7 Å². The molecule has 0 saturated heterocycles. The number of imidazole rings is 1. The second kappa shape index (κ2) is 11.3. The molecule has 1 N–H and O–H groups in total. The third-order valence-corrected chi connectivity index (χ3v) is 6.33. The Morgan fingerprint density at radius 3 is 2.61 bits per heavy atom. The molecule has 1 unspecified atom stereocenters. The van der Waals surface area contributed by atoms with Crippen LogP contribution in [0.3, 0.4) is 0 Å². The molecule has 1 heterocycles. The number of ether oxygens (including phenoxy) is 2. The summed E-state index contributed by atoms with van der Waals surface area (Å²) < 4.78 is 13.7. The second-order valence-corrected chi connectivity index (χ2v) is 9.44. The molecule has 1 atom stereocenters. The lowest BCUT2D eigenvalue weighted by atomic mass is 10.0. The van der Waals surface area contributed by atoms with Gasteiger partial charge in [0, 0.05) is 12.1 Å². The topological polar surface area (TPSA) is 65.4 Å². The van der Waals surface area contributed by atoms with E-state index in [-0.39, 0.29) is 11.9 Å². The van der Waals surface area contributed by atoms with E-state index in [0.29, 0.717) is 23.8 Å². The number of para-hydroxylation sites is 2. The number of aryl methyl sites for hydroxylation is 2. The van der Waals surface area contributed by atoms with Gasteiger partial charge in [0.05, 0.1) is 30.8 Å². The Hall–Kier alpha value is -3.80. The third kappa shape index (κ3) is 5.70. The van der Waals surface area contributed by atoms with Gasteiger partial charge in [-0.1, -0.05) is 44.2 Å². The van der Waals surface area contributed by atoms with Crippen LogP contribution in [0.1, 0.15) is 66.5 Å². The summed E-state index contributed by atoms with van der Waals surface area (Å²) >= 11 is 0. The number of hydrogen-bond acceptors (Lipinski definition) is 4. The maximum atomic E-state index is 12.9. The smallest absolute Gasteiger partial charge is 0.251 e. The van der Waals surface area contributed by atoms with Crippen molar-refractivity contribution in [2.45, 2.75) is 52.6 Å². The van der Waals surface area contributed by atoms with E-state index in [1.165, 1.54) is 11.1 Å². The Bertz CT molecular complexity index is 1340. The summed E-state index contributed by atoms with van der Waals surface area (Å²) in [7, 11) is 1.59. The van der Waals surface area contributed by atoms with E-state index in [9.17, 15) is 4.79 Å². The standard InChI is InChI=1S/C30H35N3O3/c1-20(2)25-15-14-21(3)18-28(25)36-17-9-16-33-27-13-7-6-12-26(27)32-29(33)22(4)31-30(34)23-10-8-11-24(19-23)35-5/h6-8,10-15,18-20,22H,9,16-17H2,1-5H3,(H,31,34). The first kappa shape index (κ1) is 25.3. The molecular weight excluding hydrogens is 450 g/mol. The highest BCUT2D eigenvalue weighted by Gasteiger charge is 2.19. The largest absolute Gasteiger partial charge is 0.497 e. The molecule has 4 aromatic rings. The molecule has 4 rings (SSSR count). The number of methoxy groups -OCH3 is 1. The van der Waals surface area contributed by atoms with Crippen molar-refractivity contribution in [1.82, 2.24) is 14.9 Å². The first-order valence-electron chi connectivity index (χ1n) is 12.5. The van der Waals surface area contributed by atoms with Crippen molar-refractivity contribution < 1.29 is 14.3 Å². The van der Waals surface area contributed by atoms with E-state index in [4.69, 9.17) is 14.5 Å². The number of carbonyl (C=O) groups excluding carboxylic acids is 1. The summed E-state index contributed by atoms with van der Waals surface area (Å²) in [6.45, 7) is 9.75. The molecule has 6 heteroatoms. The number of amides is 1. The van der Waals surface area contributed by atoms with Gasteiger partial charge < -0.3 is 19.4 Å². The fourth-order valence-electron chi connectivity index (χ4n) is 4.42. The molecule has 0 aliphatic rings. The van der Waals surface area contributed by atoms with Crippen LogP contribution in [-0.4, -0.2) is 29.2 Å². The molecule has 0 radical (unpaired) electrons. The van der Waals surface area contributed by atoms with Crippen molar-refractivity contribution in [2.24, 2.45) is 0 Å².